The Morgan fingerprint density at radius 1 is 0.929 bits per heavy atom. The molecule has 0 aliphatic carbocycles. The van der Waals surface area contributed by atoms with Crippen molar-refractivity contribution in [3.63, 3.8) is 0 Å². The van der Waals surface area contributed by atoms with Crippen molar-refractivity contribution in [1.29, 1.82) is 0 Å². The average Bonchev–Trinajstić information content (AvgIpc) is 3.44. The number of carbonyl (C=O) groups is 2. The highest BCUT2D eigenvalue weighted by molar-refractivity contribution is 7.99. The van der Waals surface area contributed by atoms with Gasteiger partial charge in [0.05, 0.1) is 25.1 Å². The number of nitrogens with one attached hydrogen (secondary N) is 1. The number of ether oxygens (including phenoxy) is 1. The van der Waals surface area contributed by atoms with Crippen molar-refractivity contribution in [3.05, 3.63) is 95.3 Å². The first-order valence-electron chi connectivity index (χ1n) is 14.1. The summed E-state index contributed by atoms with van der Waals surface area (Å²) in [5.74, 6) is 1.41. The van der Waals surface area contributed by atoms with Gasteiger partial charge in [0.15, 0.2) is 11.0 Å². The van der Waals surface area contributed by atoms with E-state index in [2.05, 4.69) is 58.5 Å². The van der Waals surface area contributed by atoms with E-state index in [-0.39, 0.29) is 24.1 Å². The average molecular weight is 585 g/mol. The summed E-state index contributed by atoms with van der Waals surface area (Å²) < 4.78 is 7.19. The Morgan fingerprint density at radius 3 is 2.36 bits per heavy atom. The van der Waals surface area contributed by atoms with Crippen LogP contribution in [0.5, 0.6) is 5.75 Å². The number of rotatable bonds is 10. The summed E-state index contributed by atoms with van der Waals surface area (Å²) >= 11 is 1.38. The molecule has 218 valence electrons. The van der Waals surface area contributed by atoms with Crippen LogP contribution in [0, 0.1) is 6.92 Å². The Bertz CT molecular complexity index is 1520. The molecular weight excluding hydrogens is 548 g/mol. The summed E-state index contributed by atoms with van der Waals surface area (Å²) in [7, 11) is 1.59. The van der Waals surface area contributed by atoms with Gasteiger partial charge in [-0.05, 0) is 60.9 Å². The lowest BCUT2D eigenvalue weighted by Gasteiger charge is -2.36. The molecule has 5 rings (SSSR count). The molecular formula is C32H36N6O3S. The van der Waals surface area contributed by atoms with Crippen molar-refractivity contribution >= 4 is 29.3 Å². The largest absolute Gasteiger partial charge is 0.497 e. The van der Waals surface area contributed by atoms with Gasteiger partial charge < -0.3 is 19.9 Å². The van der Waals surface area contributed by atoms with E-state index in [4.69, 9.17) is 4.74 Å². The zero-order valence-corrected chi connectivity index (χ0v) is 25.1. The molecule has 3 aromatic carbocycles. The van der Waals surface area contributed by atoms with Gasteiger partial charge in [-0.15, -0.1) is 10.2 Å². The Kier molecular flexibility index (Phi) is 9.43. The van der Waals surface area contributed by atoms with Crippen LogP contribution in [0.15, 0.2) is 78.0 Å². The van der Waals surface area contributed by atoms with E-state index in [1.54, 1.807) is 31.4 Å². The van der Waals surface area contributed by atoms with Crippen molar-refractivity contribution < 1.29 is 14.3 Å². The number of carbonyl (C=O) groups excluding carboxylic acids is 2. The topological polar surface area (TPSA) is 92.6 Å². The number of aromatic nitrogens is 3. The first kappa shape index (κ1) is 29.2. The number of aryl methyl sites for hydroxylation is 2. The summed E-state index contributed by atoms with van der Waals surface area (Å²) in [6.45, 7) is 7.32. The summed E-state index contributed by atoms with van der Waals surface area (Å²) in [6, 6.07) is 23.4. The van der Waals surface area contributed by atoms with Crippen LogP contribution in [0.4, 0.5) is 5.69 Å². The van der Waals surface area contributed by atoms with Crippen molar-refractivity contribution in [2.75, 3.05) is 43.9 Å². The zero-order chi connectivity index (χ0) is 29.5. The number of hydrogen-bond acceptors (Lipinski definition) is 7. The fourth-order valence-corrected chi connectivity index (χ4v) is 5.99. The number of anilines is 1. The van der Waals surface area contributed by atoms with E-state index < -0.39 is 0 Å². The summed E-state index contributed by atoms with van der Waals surface area (Å²) in [6.07, 6.45) is 0.821. The lowest BCUT2D eigenvalue weighted by atomic mass is 10.1. The zero-order valence-electron chi connectivity index (χ0n) is 24.2. The fourth-order valence-electron chi connectivity index (χ4n) is 5.13. The summed E-state index contributed by atoms with van der Waals surface area (Å²) in [5, 5.41) is 12.5. The molecule has 1 saturated heterocycles. The molecule has 1 aliphatic heterocycles. The van der Waals surface area contributed by atoms with Gasteiger partial charge in [0, 0.05) is 37.4 Å². The van der Waals surface area contributed by atoms with Crippen LogP contribution in [0.1, 0.15) is 34.2 Å². The number of thioether (sulfide) groups is 1. The Hall–Kier alpha value is -4.31. The van der Waals surface area contributed by atoms with Crippen LogP contribution in [0.2, 0.25) is 0 Å². The van der Waals surface area contributed by atoms with Crippen LogP contribution in [-0.2, 0) is 17.8 Å². The SMILES string of the molecule is CCc1cccc(C)c1-n1c(CNC(=O)c2ccc(OC)cc2)nnc1SCC(=O)N1CCN(c2ccccc2)CC1. The Balaban J connectivity index is 1.30. The second kappa shape index (κ2) is 13.6. The van der Waals surface area contributed by atoms with Gasteiger partial charge in [-0.2, -0.15) is 0 Å². The number of nitrogens with zero attached hydrogens (tertiary/aromatic N) is 5. The lowest BCUT2D eigenvalue weighted by molar-refractivity contribution is -0.128. The highest BCUT2D eigenvalue weighted by atomic mass is 32.2. The highest BCUT2D eigenvalue weighted by Crippen LogP contribution is 2.28. The molecule has 0 spiro atoms. The van der Waals surface area contributed by atoms with Crippen LogP contribution in [-0.4, -0.2) is 70.5 Å². The molecule has 0 atom stereocenters. The van der Waals surface area contributed by atoms with Crippen LogP contribution < -0.4 is 15.0 Å². The molecule has 2 heterocycles. The molecule has 0 radical (unpaired) electrons. The Labute approximate surface area is 250 Å². The molecule has 1 aromatic heterocycles. The number of benzene rings is 3. The molecule has 10 heteroatoms. The van der Waals surface area contributed by atoms with Gasteiger partial charge in [-0.1, -0.05) is 55.1 Å². The monoisotopic (exact) mass is 584 g/mol. The third-order valence-electron chi connectivity index (χ3n) is 7.46. The third kappa shape index (κ3) is 6.60. The van der Waals surface area contributed by atoms with Crippen molar-refractivity contribution in [1.82, 2.24) is 25.0 Å². The number of amides is 2. The standard InChI is InChI=1S/C32H36N6O3S/c1-4-24-10-8-9-23(2)30(24)38-28(21-33-31(40)25-13-15-27(41-3)16-14-25)34-35-32(38)42-22-29(39)37-19-17-36(18-20-37)26-11-6-5-7-12-26/h5-16H,4,17-22H2,1-3H3,(H,33,40). The van der Waals surface area contributed by atoms with Gasteiger partial charge in [-0.25, -0.2) is 0 Å². The minimum Gasteiger partial charge on any atom is -0.497 e. The molecule has 0 unspecified atom stereocenters. The summed E-state index contributed by atoms with van der Waals surface area (Å²) in [5.41, 5.74) is 4.91. The van der Waals surface area contributed by atoms with Gasteiger partial charge >= 0.3 is 0 Å². The minimum absolute atomic E-state index is 0.0807. The van der Waals surface area contributed by atoms with E-state index >= 15 is 0 Å². The quantitative estimate of drug-likeness (QED) is 0.274. The predicted molar refractivity (Wildman–Crippen MR) is 166 cm³/mol. The van der Waals surface area contributed by atoms with Gasteiger partial charge in [0.2, 0.25) is 5.91 Å². The van der Waals surface area contributed by atoms with Gasteiger partial charge in [0.25, 0.3) is 5.91 Å². The smallest absolute Gasteiger partial charge is 0.251 e. The number of piperazine rings is 1. The summed E-state index contributed by atoms with van der Waals surface area (Å²) in [4.78, 5) is 30.4. The number of hydrogen-bond donors (Lipinski definition) is 1. The number of methoxy groups -OCH3 is 1. The maximum atomic E-state index is 13.2. The molecule has 1 fully saturated rings. The normalized spacial score (nSPS) is 13.2. The second-order valence-electron chi connectivity index (χ2n) is 10.1. The van der Waals surface area contributed by atoms with Crippen LogP contribution >= 0.6 is 11.8 Å². The Morgan fingerprint density at radius 2 is 1.67 bits per heavy atom. The van der Waals surface area contributed by atoms with E-state index in [0.29, 0.717) is 35.4 Å². The van der Waals surface area contributed by atoms with Crippen LogP contribution in [0.25, 0.3) is 5.69 Å². The first-order valence-corrected chi connectivity index (χ1v) is 15.1. The van der Waals surface area contributed by atoms with Crippen molar-refractivity contribution in [2.45, 2.75) is 32.0 Å². The number of para-hydroxylation sites is 2. The molecule has 0 saturated carbocycles. The second-order valence-corrected chi connectivity index (χ2v) is 11.0. The van der Waals surface area contributed by atoms with E-state index in [1.807, 2.05) is 33.7 Å². The molecule has 0 bridgehead atoms. The van der Waals surface area contributed by atoms with E-state index in [9.17, 15) is 9.59 Å². The maximum absolute atomic E-state index is 13.2. The van der Waals surface area contributed by atoms with E-state index in [0.717, 1.165) is 36.3 Å². The van der Waals surface area contributed by atoms with Crippen molar-refractivity contribution in [2.24, 2.45) is 0 Å². The lowest BCUT2D eigenvalue weighted by Crippen LogP contribution is -2.49. The molecule has 1 aliphatic rings. The predicted octanol–water partition coefficient (Wildman–Crippen LogP) is 4.52. The first-order chi connectivity index (χ1) is 20.5. The molecule has 42 heavy (non-hydrogen) atoms. The molecule has 2 amide bonds. The molecule has 9 nitrogen and oxygen atoms in total. The molecule has 4 aromatic rings. The van der Waals surface area contributed by atoms with Gasteiger partial charge in [0.1, 0.15) is 5.75 Å². The molecule has 1 N–H and O–H groups in total. The third-order valence-corrected chi connectivity index (χ3v) is 8.38. The highest BCUT2D eigenvalue weighted by Gasteiger charge is 2.24. The van der Waals surface area contributed by atoms with Gasteiger partial charge in [-0.3, -0.25) is 14.2 Å². The minimum atomic E-state index is -0.216. The maximum Gasteiger partial charge on any atom is 0.251 e. The fraction of sp³-hybridized carbons (Fsp3) is 0.312. The van der Waals surface area contributed by atoms with Crippen molar-refractivity contribution in [3.8, 4) is 11.4 Å². The van der Waals surface area contributed by atoms with Crippen LogP contribution in [0.3, 0.4) is 0 Å². The van der Waals surface area contributed by atoms with E-state index in [1.165, 1.54) is 17.4 Å².